The molecule has 4 N–H and O–H groups in total. The van der Waals surface area contributed by atoms with Crippen molar-refractivity contribution in [3.05, 3.63) is 122 Å². The van der Waals surface area contributed by atoms with Gasteiger partial charge in [-0.25, -0.2) is 9.59 Å². The maximum absolute atomic E-state index is 12.4. The second-order valence-corrected chi connectivity index (χ2v) is 13.2. The average molecular weight is 931 g/mol. The molecule has 0 bridgehead atoms. The third-order valence-electron chi connectivity index (χ3n) is 7.63. The monoisotopic (exact) mass is 928 g/mol. The van der Waals surface area contributed by atoms with Gasteiger partial charge in [0, 0.05) is 39.8 Å². The van der Waals surface area contributed by atoms with Gasteiger partial charge in [0.25, 0.3) is 0 Å². The number of methoxy groups -OCH3 is 4. The standard InChI is InChI=1S/C20H19BrN2O4.C19H17BrO6.CH6N2.CH4O/c1-23-19(11-18(22-23)20(24)26-3)17-9-4-14(21)10-13(17)12-27-16-7-5-15(25-2)6-8-16;1-24-14-4-6-15(7-5-14)26-11-12-9-13(20)3-8-16(12)17(21)10-18(22)19(23)25-2;1-3-2;1-2/h4-11H,12H2,1-3H3;3-9H,10-11H2,1-2H3;3H,2H2,1H3;2H,1H3. The number of ketones is 2. The molecule has 0 aliphatic carbocycles. The van der Waals surface area contributed by atoms with Gasteiger partial charge in [0.1, 0.15) is 36.2 Å². The SMILES string of the molecule is CNN.CO.COC(=O)C(=O)CC(=O)c1ccc(Br)cc1COc1ccc(OC)cc1.COC(=O)c1cc(-c2ccc(Br)cc2COc2ccc(OC)cc2)n(C)n1. The van der Waals surface area contributed by atoms with Gasteiger partial charge < -0.3 is 33.5 Å². The van der Waals surface area contributed by atoms with E-state index < -0.39 is 29.9 Å². The Bertz CT molecular complexity index is 2090. The maximum atomic E-state index is 12.4. The molecule has 0 atom stereocenters. The van der Waals surface area contributed by atoms with Crippen molar-refractivity contribution in [1.29, 1.82) is 0 Å². The summed E-state index contributed by atoms with van der Waals surface area (Å²) in [6, 6.07) is 27.1. The van der Waals surface area contributed by atoms with Gasteiger partial charge in [0.15, 0.2) is 11.5 Å². The molecule has 5 rings (SSSR count). The second kappa shape index (κ2) is 25.6. The van der Waals surface area contributed by atoms with Crippen molar-refractivity contribution in [2.75, 3.05) is 42.6 Å². The third kappa shape index (κ3) is 15.1. The lowest BCUT2D eigenvalue weighted by Gasteiger charge is -2.12. The van der Waals surface area contributed by atoms with E-state index in [0.29, 0.717) is 29.2 Å². The number of ether oxygens (including phenoxy) is 6. The molecule has 0 saturated carbocycles. The van der Waals surface area contributed by atoms with Crippen molar-refractivity contribution in [1.82, 2.24) is 15.2 Å². The molecular formula is C41H46Br2N4O11. The number of nitrogens with two attached hydrogens (primary N) is 1. The Morgan fingerprint density at radius 3 is 1.66 bits per heavy atom. The smallest absolute Gasteiger partial charge is 0.374 e. The van der Waals surface area contributed by atoms with Crippen molar-refractivity contribution >= 4 is 55.4 Å². The lowest BCUT2D eigenvalue weighted by Crippen LogP contribution is -2.20. The minimum atomic E-state index is -1.04. The van der Waals surface area contributed by atoms with E-state index in [0.717, 1.165) is 51.5 Å². The summed E-state index contributed by atoms with van der Waals surface area (Å²) in [5, 5.41) is 11.2. The van der Waals surface area contributed by atoms with E-state index in [9.17, 15) is 19.2 Å². The molecular weight excluding hydrogens is 884 g/mol. The molecule has 0 saturated heterocycles. The number of benzene rings is 4. The first-order chi connectivity index (χ1) is 27.9. The highest BCUT2D eigenvalue weighted by Gasteiger charge is 2.22. The number of rotatable bonds is 14. The minimum absolute atomic E-state index is 0.124. The van der Waals surface area contributed by atoms with Crippen molar-refractivity contribution < 1.29 is 52.7 Å². The predicted molar refractivity (Wildman–Crippen MR) is 224 cm³/mol. The number of carbonyl (C=O) groups excluding carboxylic acids is 4. The number of hydrogen-bond acceptors (Lipinski definition) is 14. The van der Waals surface area contributed by atoms with Gasteiger partial charge in [-0.2, -0.15) is 5.10 Å². The highest BCUT2D eigenvalue weighted by molar-refractivity contribution is 9.10. The molecule has 15 nitrogen and oxygen atoms in total. The Balaban J connectivity index is 0.000000361. The molecule has 17 heteroatoms. The Hall–Kier alpha value is -5.59. The summed E-state index contributed by atoms with van der Waals surface area (Å²) in [7, 11) is 10.1. The van der Waals surface area contributed by atoms with E-state index in [1.165, 1.54) is 7.11 Å². The Kier molecular flexibility index (Phi) is 21.4. The van der Waals surface area contributed by atoms with Crippen LogP contribution in [0, 0.1) is 0 Å². The van der Waals surface area contributed by atoms with Crippen LogP contribution < -0.4 is 30.2 Å². The molecule has 0 amide bonds. The molecule has 1 aromatic heterocycles. The molecule has 58 heavy (non-hydrogen) atoms. The lowest BCUT2D eigenvalue weighted by molar-refractivity contribution is -0.151. The van der Waals surface area contributed by atoms with Crippen molar-refractivity contribution in [3.8, 4) is 34.3 Å². The molecule has 0 aliphatic rings. The lowest BCUT2D eigenvalue weighted by atomic mass is 10.0. The normalized spacial score (nSPS) is 9.84. The third-order valence-corrected chi connectivity index (χ3v) is 8.61. The van der Waals surface area contributed by atoms with Crippen LogP contribution >= 0.6 is 31.9 Å². The van der Waals surface area contributed by atoms with Gasteiger partial charge in [-0.3, -0.25) is 25.5 Å². The van der Waals surface area contributed by atoms with Crippen molar-refractivity contribution in [2.24, 2.45) is 12.9 Å². The van der Waals surface area contributed by atoms with E-state index in [4.69, 9.17) is 28.8 Å². The van der Waals surface area contributed by atoms with Crippen LogP contribution in [0.3, 0.4) is 0 Å². The van der Waals surface area contributed by atoms with Gasteiger partial charge in [-0.05, 0) is 97.5 Å². The number of aryl methyl sites for hydroxylation is 1. The first kappa shape index (κ1) is 48.6. The van der Waals surface area contributed by atoms with Gasteiger partial charge in [0.2, 0.25) is 5.78 Å². The van der Waals surface area contributed by atoms with Gasteiger partial charge in [-0.1, -0.05) is 37.9 Å². The van der Waals surface area contributed by atoms with E-state index in [1.807, 2.05) is 42.5 Å². The molecule has 0 radical (unpaired) electrons. The van der Waals surface area contributed by atoms with Crippen LogP contribution in [-0.4, -0.2) is 81.0 Å². The number of aliphatic hydroxyl groups is 1. The van der Waals surface area contributed by atoms with E-state index in [2.05, 4.69) is 53.0 Å². The predicted octanol–water partition coefficient (Wildman–Crippen LogP) is 6.26. The number of hydrazine groups is 1. The summed E-state index contributed by atoms with van der Waals surface area (Å²) in [4.78, 5) is 47.0. The summed E-state index contributed by atoms with van der Waals surface area (Å²) in [6.07, 6.45) is -0.552. The van der Waals surface area contributed by atoms with Gasteiger partial charge >= 0.3 is 11.9 Å². The highest BCUT2D eigenvalue weighted by Crippen LogP contribution is 2.29. The van der Waals surface area contributed by atoms with E-state index in [1.54, 1.807) is 81.5 Å². The molecule has 310 valence electrons. The minimum Gasteiger partial charge on any atom is -0.497 e. The average Bonchev–Trinajstić information content (AvgIpc) is 3.63. The van der Waals surface area contributed by atoms with Crippen molar-refractivity contribution in [3.63, 3.8) is 0 Å². The zero-order chi connectivity index (χ0) is 43.2. The molecule has 4 aromatic carbocycles. The van der Waals surface area contributed by atoms with Gasteiger partial charge in [-0.15, -0.1) is 0 Å². The number of halogens is 2. The van der Waals surface area contributed by atoms with Crippen LogP contribution in [0.25, 0.3) is 11.3 Å². The second-order valence-electron chi connectivity index (χ2n) is 11.4. The summed E-state index contributed by atoms with van der Waals surface area (Å²) < 4.78 is 34.3. The molecule has 0 fully saturated rings. The Morgan fingerprint density at radius 2 is 1.17 bits per heavy atom. The number of hydrogen-bond donors (Lipinski definition) is 3. The molecule has 0 spiro atoms. The molecule has 0 unspecified atom stereocenters. The first-order valence-corrected chi connectivity index (χ1v) is 18.7. The summed E-state index contributed by atoms with van der Waals surface area (Å²) in [5.41, 5.74) is 6.12. The van der Waals surface area contributed by atoms with E-state index >= 15 is 0 Å². The first-order valence-electron chi connectivity index (χ1n) is 17.1. The number of carbonyl (C=O) groups is 4. The highest BCUT2D eigenvalue weighted by atomic mass is 79.9. The zero-order valence-electron chi connectivity index (χ0n) is 33.0. The molecule has 0 aliphatic heterocycles. The zero-order valence-corrected chi connectivity index (χ0v) is 36.2. The topological polar surface area (TPSA) is 200 Å². The van der Waals surface area contributed by atoms with Crippen LogP contribution in [0.2, 0.25) is 0 Å². The number of nitrogens with zero attached hydrogens (tertiary/aromatic N) is 2. The fraction of sp³-hybridized carbons (Fsp3) is 0.244. The Labute approximate surface area is 353 Å². The largest absolute Gasteiger partial charge is 0.497 e. The Morgan fingerprint density at radius 1 is 0.707 bits per heavy atom. The summed E-state index contributed by atoms with van der Waals surface area (Å²) >= 11 is 6.85. The fourth-order valence-corrected chi connectivity index (χ4v) is 5.72. The molecule has 5 aromatic rings. The van der Waals surface area contributed by atoms with Crippen LogP contribution in [0.1, 0.15) is 38.4 Å². The number of aromatic nitrogens is 2. The summed E-state index contributed by atoms with van der Waals surface area (Å²) in [6.45, 7) is 0.485. The van der Waals surface area contributed by atoms with E-state index in [-0.39, 0.29) is 12.3 Å². The maximum Gasteiger partial charge on any atom is 0.374 e. The number of esters is 2. The van der Waals surface area contributed by atoms with Crippen LogP contribution in [0.4, 0.5) is 0 Å². The fourth-order valence-electron chi connectivity index (χ4n) is 4.90. The number of aliphatic hydroxyl groups excluding tert-OH is 1. The van der Waals surface area contributed by atoms with Crippen LogP contribution in [0.15, 0.2) is 99.9 Å². The number of Topliss-reactive ketones (excluding diaryl/α,β-unsaturated/α-hetero) is 2. The number of nitrogens with one attached hydrogen (secondary N) is 1. The van der Waals surface area contributed by atoms with Gasteiger partial charge in [0.05, 0.1) is 40.6 Å². The molecule has 1 heterocycles. The van der Waals surface area contributed by atoms with Crippen molar-refractivity contribution in [2.45, 2.75) is 19.6 Å². The van der Waals surface area contributed by atoms with Crippen LogP contribution in [0.5, 0.6) is 23.0 Å². The summed E-state index contributed by atoms with van der Waals surface area (Å²) in [5.74, 6) is 4.56. The quantitative estimate of drug-likeness (QED) is 0.0281. The van der Waals surface area contributed by atoms with Crippen LogP contribution in [-0.2, 0) is 39.3 Å².